The highest BCUT2D eigenvalue weighted by atomic mass is 16.2. The van der Waals surface area contributed by atoms with Gasteiger partial charge in [-0.1, -0.05) is 13.8 Å². The highest BCUT2D eigenvalue weighted by Crippen LogP contribution is 2.22. The van der Waals surface area contributed by atoms with Crippen LogP contribution < -0.4 is 10.2 Å². The van der Waals surface area contributed by atoms with Gasteiger partial charge >= 0.3 is 6.03 Å². The summed E-state index contributed by atoms with van der Waals surface area (Å²) in [6.07, 6.45) is 6.67. The molecule has 0 saturated carbocycles. The predicted molar refractivity (Wildman–Crippen MR) is 139 cm³/mol. The smallest absolute Gasteiger partial charge is 0.329 e. The Morgan fingerprint density at radius 1 is 1.14 bits per heavy atom. The minimum atomic E-state index is -0.0985. The molecular weight excluding hydrogens is 448 g/mol. The number of hydrogen-bond acceptors (Lipinski definition) is 8. The summed E-state index contributed by atoms with van der Waals surface area (Å²) in [5.41, 5.74) is 0.630. The van der Waals surface area contributed by atoms with Gasteiger partial charge < -0.3 is 25.1 Å². The van der Waals surface area contributed by atoms with E-state index in [9.17, 15) is 9.59 Å². The monoisotopic (exact) mass is 490 g/mol. The van der Waals surface area contributed by atoms with Gasteiger partial charge in [0, 0.05) is 60.6 Å². The fraction of sp³-hybridized carbons (Fsp3) is 0.625. The summed E-state index contributed by atoms with van der Waals surface area (Å²) < 4.78 is 1.56. The number of likely N-dealkylation sites (N-methyl/N-ethyl adjacent to an activating group) is 2. The van der Waals surface area contributed by atoms with Crippen molar-refractivity contribution in [3.05, 3.63) is 18.6 Å². The molecular formula is C24H42N8O3. The number of likely N-dealkylation sites (tertiary alicyclic amines) is 1. The van der Waals surface area contributed by atoms with Crippen molar-refractivity contribution >= 4 is 28.8 Å². The Morgan fingerprint density at radius 2 is 1.77 bits per heavy atom. The van der Waals surface area contributed by atoms with E-state index < -0.39 is 0 Å². The number of piperidine rings is 1. The maximum atomic E-state index is 12.4. The van der Waals surface area contributed by atoms with Crippen molar-refractivity contribution in [1.29, 1.82) is 5.26 Å². The van der Waals surface area contributed by atoms with Crippen LogP contribution in [-0.4, -0.2) is 103 Å². The van der Waals surface area contributed by atoms with E-state index in [-0.39, 0.29) is 18.4 Å². The summed E-state index contributed by atoms with van der Waals surface area (Å²) in [4.78, 5) is 37.3. The number of aliphatic hydroxyl groups excluding tert-OH is 1. The molecule has 1 fully saturated rings. The minimum absolute atomic E-state index is 0.00722. The highest BCUT2D eigenvalue weighted by Gasteiger charge is 2.17. The average Bonchev–Trinajstić information content (AvgIpc) is 3.34. The van der Waals surface area contributed by atoms with Gasteiger partial charge in [0.25, 0.3) is 0 Å². The van der Waals surface area contributed by atoms with Gasteiger partial charge in [0.15, 0.2) is 5.65 Å². The molecule has 0 aliphatic carbocycles. The molecule has 11 heteroatoms. The highest BCUT2D eigenvalue weighted by molar-refractivity contribution is 5.94. The van der Waals surface area contributed by atoms with Gasteiger partial charge in [0.1, 0.15) is 18.6 Å². The third kappa shape index (κ3) is 9.88. The van der Waals surface area contributed by atoms with Gasteiger partial charge in [-0.3, -0.25) is 9.36 Å². The zero-order valence-electron chi connectivity index (χ0n) is 22.3. The maximum Gasteiger partial charge on any atom is 0.329 e. The van der Waals surface area contributed by atoms with Crippen LogP contribution in [0.1, 0.15) is 39.5 Å². The second-order valence-electron chi connectivity index (χ2n) is 7.60. The fourth-order valence-electron chi connectivity index (χ4n) is 3.33. The molecule has 2 amide bonds. The summed E-state index contributed by atoms with van der Waals surface area (Å²) in [7, 11) is 8.47. The molecule has 0 bridgehead atoms. The van der Waals surface area contributed by atoms with E-state index in [0.29, 0.717) is 12.2 Å². The van der Waals surface area contributed by atoms with Gasteiger partial charge in [-0.2, -0.15) is 5.26 Å². The predicted octanol–water partition coefficient (Wildman–Crippen LogP) is 2.16. The number of carbonyl (C=O) groups is 2. The van der Waals surface area contributed by atoms with Crippen LogP contribution in [0.4, 0.5) is 10.6 Å². The summed E-state index contributed by atoms with van der Waals surface area (Å²) in [6, 6.07) is 3.64. The van der Waals surface area contributed by atoms with E-state index >= 15 is 0 Å². The van der Waals surface area contributed by atoms with Crippen LogP contribution in [0.2, 0.25) is 0 Å². The zero-order chi connectivity index (χ0) is 26.8. The average molecular weight is 491 g/mol. The second-order valence-corrected chi connectivity index (χ2v) is 7.60. The van der Waals surface area contributed by atoms with E-state index in [1.807, 2.05) is 52.0 Å². The first-order valence-electron chi connectivity index (χ1n) is 11.9. The molecule has 35 heavy (non-hydrogen) atoms. The zero-order valence-corrected chi connectivity index (χ0v) is 22.3. The lowest BCUT2D eigenvalue weighted by molar-refractivity contribution is -0.130. The molecule has 0 aromatic carbocycles. The van der Waals surface area contributed by atoms with Crippen LogP contribution in [0.25, 0.3) is 11.0 Å². The Hall–Kier alpha value is -3.23. The lowest BCUT2D eigenvalue weighted by Crippen LogP contribution is -2.35. The molecule has 1 aliphatic rings. The summed E-state index contributed by atoms with van der Waals surface area (Å²) in [5, 5.41) is 19.2. The third-order valence-corrected chi connectivity index (χ3v) is 5.05. The van der Waals surface area contributed by atoms with Gasteiger partial charge in [-0.25, -0.2) is 14.8 Å². The summed E-state index contributed by atoms with van der Waals surface area (Å²) >= 11 is 0. The van der Waals surface area contributed by atoms with Crippen LogP contribution in [-0.2, 0) is 4.79 Å². The number of anilines is 1. The molecule has 196 valence electrons. The number of nitrogens with zero attached hydrogens (tertiary/aromatic N) is 7. The lowest BCUT2D eigenvalue weighted by Gasteiger charge is -2.25. The van der Waals surface area contributed by atoms with E-state index in [4.69, 9.17) is 10.4 Å². The van der Waals surface area contributed by atoms with Crippen molar-refractivity contribution in [2.45, 2.75) is 39.5 Å². The maximum absolute atomic E-state index is 12.4. The van der Waals surface area contributed by atoms with Crippen LogP contribution in [0.3, 0.4) is 0 Å². The molecule has 0 radical (unpaired) electrons. The molecule has 1 aliphatic heterocycles. The molecule has 2 aromatic heterocycles. The number of nitriles is 1. The molecule has 0 spiro atoms. The topological polar surface area (TPSA) is 131 Å². The Bertz CT molecular complexity index is 917. The van der Waals surface area contributed by atoms with E-state index in [1.165, 1.54) is 12.7 Å². The number of aromatic nitrogens is 3. The summed E-state index contributed by atoms with van der Waals surface area (Å²) in [5.74, 6) is 0.798. The van der Waals surface area contributed by atoms with Crippen molar-refractivity contribution < 1.29 is 14.7 Å². The molecule has 2 aromatic rings. The summed E-state index contributed by atoms with van der Waals surface area (Å²) in [6.45, 7) is 7.08. The van der Waals surface area contributed by atoms with Gasteiger partial charge in [0.2, 0.25) is 5.91 Å². The van der Waals surface area contributed by atoms with Crippen molar-refractivity contribution in [2.75, 3.05) is 66.4 Å². The van der Waals surface area contributed by atoms with Crippen molar-refractivity contribution in [3.63, 3.8) is 0 Å². The standard InChI is InChI=1S/C13H20N6O.C8H12N2O.C2H6.CH4O/c1-14-6-8-18(4)13(20)19-7-5-10-11(17(2)3)15-9-16-12(10)19;9-5-4-8(11)10-6-2-1-3-7-10;2*1-2/h5,7,9,14H,6,8H2,1-4H3;1-4,6-7H2;1-2H3;2H,1H3. The van der Waals surface area contributed by atoms with Crippen LogP contribution >= 0.6 is 0 Å². The lowest BCUT2D eigenvalue weighted by atomic mass is 10.1. The number of aliphatic hydroxyl groups is 1. The van der Waals surface area contributed by atoms with E-state index in [2.05, 4.69) is 15.3 Å². The molecule has 0 atom stereocenters. The fourth-order valence-corrected chi connectivity index (χ4v) is 3.33. The number of fused-ring (bicyclic) bond motifs is 1. The normalized spacial score (nSPS) is 12.0. The molecule has 1 saturated heterocycles. The van der Waals surface area contributed by atoms with Crippen molar-refractivity contribution in [1.82, 2.24) is 29.7 Å². The Morgan fingerprint density at radius 3 is 2.31 bits per heavy atom. The number of nitrogens with one attached hydrogen (secondary N) is 1. The number of hydrogen-bond donors (Lipinski definition) is 2. The van der Waals surface area contributed by atoms with E-state index in [1.54, 1.807) is 27.6 Å². The molecule has 3 heterocycles. The Balaban J connectivity index is 0.000000652. The van der Waals surface area contributed by atoms with Gasteiger partial charge in [-0.15, -0.1) is 0 Å². The van der Waals surface area contributed by atoms with Gasteiger partial charge in [-0.05, 0) is 32.4 Å². The number of amides is 2. The first-order chi connectivity index (χ1) is 16.9. The number of carbonyl (C=O) groups excluding carboxylic acids is 2. The molecule has 0 unspecified atom stereocenters. The molecule has 11 nitrogen and oxygen atoms in total. The van der Waals surface area contributed by atoms with E-state index in [0.717, 1.165) is 50.8 Å². The first kappa shape index (κ1) is 31.8. The Kier molecular flexibility index (Phi) is 16.5. The van der Waals surface area contributed by atoms with Crippen molar-refractivity contribution in [2.24, 2.45) is 0 Å². The van der Waals surface area contributed by atoms with Crippen molar-refractivity contribution in [3.8, 4) is 6.07 Å². The van der Waals surface area contributed by atoms with Crippen LogP contribution in [0.15, 0.2) is 18.6 Å². The van der Waals surface area contributed by atoms with Crippen LogP contribution in [0.5, 0.6) is 0 Å². The number of rotatable bonds is 5. The SMILES string of the molecule is CC.CNCCN(C)C(=O)n1ccc2c(N(C)C)ncnc21.CO.N#CCC(=O)N1CCCCC1. The minimum Gasteiger partial charge on any atom is -0.400 e. The Labute approximate surface area is 209 Å². The quantitative estimate of drug-likeness (QED) is 0.652. The molecule has 3 rings (SSSR count). The van der Waals surface area contributed by atoms with Crippen LogP contribution in [0, 0.1) is 11.3 Å². The molecule has 2 N–H and O–H groups in total. The third-order valence-electron chi connectivity index (χ3n) is 5.05. The largest absolute Gasteiger partial charge is 0.400 e. The first-order valence-corrected chi connectivity index (χ1v) is 11.9. The second kappa shape index (κ2) is 18.1. The van der Waals surface area contributed by atoms with Gasteiger partial charge in [0.05, 0.1) is 11.5 Å².